The Morgan fingerprint density at radius 1 is 1.18 bits per heavy atom. The van der Waals surface area contributed by atoms with Crippen LogP contribution >= 0.6 is 11.3 Å². The molecule has 1 aliphatic heterocycles. The topological polar surface area (TPSA) is 101 Å². The summed E-state index contributed by atoms with van der Waals surface area (Å²) in [5.41, 5.74) is 4.20. The zero-order chi connectivity index (χ0) is 35.3. The van der Waals surface area contributed by atoms with Gasteiger partial charge >= 0.3 is 6.18 Å². The first-order chi connectivity index (χ1) is 23.9. The Hall–Kier alpha value is -5.15. The molecule has 258 valence electrons. The van der Waals surface area contributed by atoms with Crippen LogP contribution in [0.3, 0.4) is 0 Å². The molecular formula is C35H30F5N7O2S. The highest BCUT2D eigenvalue weighted by Crippen LogP contribution is 2.47. The van der Waals surface area contributed by atoms with Crippen LogP contribution in [0, 0.1) is 11.6 Å². The number of imidazole rings is 1. The summed E-state index contributed by atoms with van der Waals surface area (Å²) in [6.07, 6.45) is -2.05. The lowest BCUT2D eigenvalue weighted by molar-refractivity contribution is -0.144. The second-order valence-corrected chi connectivity index (χ2v) is 13.1. The van der Waals surface area contributed by atoms with Gasteiger partial charge in [-0.1, -0.05) is 12.6 Å². The second kappa shape index (κ2) is 12.9. The van der Waals surface area contributed by atoms with Gasteiger partial charge in [0.1, 0.15) is 34.9 Å². The normalized spacial score (nSPS) is 15.9. The molecule has 1 fully saturated rings. The van der Waals surface area contributed by atoms with Crippen molar-refractivity contribution >= 4 is 38.4 Å². The highest BCUT2D eigenvalue weighted by Gasteiger charge is 2.36. The first kappa shape index (κ1) is 33.4. The van der Waals surface area contributed by atoms with Crippen LogP contribution in [0.5, 0.6) is 5.75 Å². The number of halogens is 5. The summed E-state index contributed by atoms with van der Waals surface area (Å²) in [5, 5.41) is 12.7. The third-order valence-electron chi connectivity index (χ3n) is 8.65. The van der Waals surface area contributed by atoms with Gasteiger partial charge in [-0.15, -0.1) is 11.3 Å². The zero-order valence-corrected chi connectivity index (χ0v) is 27.6. The van der Waals surface area contributed by atoms with Gasteiger partial charge < -0.3 is 14.6 Å². The van der Waals surface area contributed by atoms with Gasteiger partial charge in [0.15, 0.2) is 0 Å². The van der Waals surface area contributed by atoms with Crippen molar-refractivity contribution in [3.63, 3.8) is 0 Å². The average molecular weight is 708 g/mol. The van der Waals surface area contributed by atoms with E-state index in [9.17, 15) is 22.4 Å². The van der Waals surface area contributed by atoms with Gasteiger partial charge in [-0.25, -0.2) is 18.7 Å². The summed E-state index contributed by atoms with van der Waals surface area (Å²) in [4.78, 5) is 22.8. The fourth-order valence-corrected chi connectivity index (χ4v) is 7.28. The lowest BCUT2D eigenvalue weighted by Crippen LogP contribution is -2.33. The summed E-state index contributed by atoms with van der Waals surface area (Å²) in [7, 11) is 1.89. The number of fused-ring (bicyclic) bond motifs is 2. The van der Waals surface area contributed by atoms with Crippen molar-refractivity contribution in [3.05, 3.63) is 84.2 Å². The van der Waals surface area contributed by atoms with Crippen LogP contribution in [-0.4, -0.2) is 67.5 Å². The molecule has 1 aliphatic rings. The number of likely N-dealkylation sites (tertiary alicyclic amines) is 1. The van der Waals surface area contributed by atoms with E-state index in [1.54, 1.807) is 19.3 Å². The van der Waals surface area contributed by atoms with Gasteiger partial charge in [-0.05, 0) is 49.1 Å². The maximum absolute atomic E-state index is 16.2. The molecule has 50 heavy (non-hydrogen) atoms. The molecule has 2 aromatic carbocycles. The van der Waals surface area contributed by atoms with Crippen molar-refractivity contribution < 1.29 is 31.5 Å². The number of benzene rings is 2. The number of hydrogen-bond acceptors (Lipinski definition) is 7. The van der Waals surface area contributed by atoms with E-state index in [1.165, 1.54) is 16.2 Å². The monoisotopic (exact) mass is 707 g/mol. The largest absolute Gasteiger partial charge is 0.488 e. The summed E-state index contributed by atoms with van der Waals surface area (Å²) >= 11 is 1.31. The standard InChI is InChI=1S/C35H30F5N7O2S/c1-4-29(48)42-18(2)24-14-26(45-44-24)33-31(30-23(37)12-20(36)13-28(30)49-21-7-9-47(15-21)16-35(38,39)40)34-22(8-10-50-34)32(43-33)19-5-6-27-25(11-19)41-17-46(27)3/h4-6,8,10-14,17-18,21H,1,7,9,15-16H2,2-3H3,(H,42,48)(H,44,45)/t18-,21+/m1/s1. The molecule has 6 aromatic rings. The SMILES string of the molecule is C=CC(=O)N[C@H](C)c1cc(-c2nc(-c3ccc4c(c3)ncn4C)c3ccsc3c2-c2c(F)cc(F)cc2O[C@H]2CCN(CC(F)(F)F)C2)n[nH]1. The van der Waals surface area contributed by atoms with E-state index in [1.807, 2.05) is 41.3 Å². The Morgan fingerprint density at radius 2 is 2.00 bits per heavy atom. The number of carbonyl (C=O) groups is 1. The zero-order valence-electron chi connectivity index (χ0n) is 26.8. The van der Waals surface area contributed by atoms with Gasteiger partial charge in [0, 0.05) is 53.5 Å². The number of aryl methyl sites for hydroxylation is 1. The maximum atomic E-state index is 16.2. The number of nitrogens with one attached hydrogen (secondary N) is 2. The van der Waals surface area contributed by atoms with Crippen LogP contribution in [0.25, 0.3) is 54.9 Å². The van der Waals surface area contributed by atoms with E-state index < -0.39 is 42.4 Å². The molecule has 5 heterocycles. The number of alkyl halides is 3. The lowest BCUT2D eigenvalue weighted by atomic mass is 9.96. The summed E-state index contributed by atoms with van der Waals surface area (Å²) in [6.45, 7) is 4.17. The van der Waals surface area contributed by atoms with Gasteiger partial charge in [-0.3, -0.25) is 14.8 Å². The van der Waals surface area contributed by atoms with Crippen LogP contribution in [0.2, 0.25) is 0 Å². The second-order valence-electron chi connectivity index (χ2n) is 12.2. The van der Waals surface area contributed by atoms with Crippen LogP contribution < -0.4 is 10.1 Å². The average Bonchev–Trinajstić information content (AvgIpc) is 3.88. The van der Waals surface area contributed by atoms with Crippen molar-refractivity contribution in [2.45, 2.75) is 31.7 Å². The Morgan fingerprint density at radius 3 is 2.78 bits per heavy atom. The van der Waals surface area contributed by atoms with E-state index in [4.69, 9.17) is 9.72 Å². The number of aromatic amines is 1. The molecular weight excluding hydrogens is 677 g/mol. The molecule has 2 atom stereocenters. The number of pyridine rings is 1. The van der Waals surface area contributed by atoms with E-state index in [0.717, 1.165) is 34.8 Å². The highest BCUT2D eigenvalue weighted by molar-refractivity contribution is 7.18. The molecule has 7 rings (SSSR count). The van der Waals surface area contributed by atoms with Crippen LogP contribution in [-0.2, 0) is 11.8 Å². The fraction of sp³-hybridized carbons (Fsp3) is 0.257. The molecule has 0 spiro atoms. The molecule has 0 saturated carbocycles. The molecule has 0 unspecified atom stereocenters. The van der Waals surface area contributed by atoms with Gasteiger partial charge in [-0.2, -0.15) is 18.3 Å². The number of amides is 1. The predicted octanol–water partition coefficient (Wildman–Crippen LogP) is 7.56. The number of carbonyl (C=O) groups excluding carboxylic acids is 1. The molecule has 2 N–H and O–H groups in total. The van der Waals surface area contributed by atoms with Crippen molar-refractivity contribution in [3.8, 4) is 39.5 Å². The van der Waals surface area contributed by atoms with E-state index in [0.29, 0.717) is 27.2 Å². The maximum Gasteiger partial charge on any atom is 0.401 e. The number of thiophene rings is 1. The van der Waals surface area contributed by atoms with E-state index >= 15 is 4.39 Å². The third kappa shape index (κ3) is 6.45. The van der Waals surface area contributed by atoms with Crippen LogP contribution in [0.1, 0.15) is 25.1 Å². The highest BCUT2D eigenvalue weighted by atomic mass is 32.1. The van der Waals surface area contributed by atoms with Gasteiger partial charge in [0.05, 0.1) is 46.9 Å². The molecule has 15 heteroatoms. The number of nitrogens with zero attached hydrogens (tertiary/aromatic N) is 5. The Kier molecular flexibility index (Phi) is 8.64. The molecule has 0 radical (unpaired) electrons. The number of H-pyrrole nitrogens is 1. The predicted molar refractivity (Wildman–Crippen MR) is 181 cm³/mol. The van der Waals surface area contributed by atoms with Crippen molar-refractivity contribution in [1.29, 1.82) is 0 Å². The first-order valence-electron chi connectivity index (χ1n) is 15.6. The summed E-state index contributed by atoms with van der Waals surface area (Å²) < 4.78 is 79.1. The molecule has 9 nitrogen and oxygen atoms in total. The number of ether oxygens (including phenoxy) is 1. The van der Waals surface area contributed by atoms with Gasteiger partial charge in [0.2, 0.25) is 5.91 Å². The fourth-order valence-electron chi connectivity index (χ4n) is 6.33. The summed E-state index contributed by atoms with van der Waals surface area (Å²) in [5.74, 6) is -2.40. The number of hydrogen-bond donors (Lipinski definition) is 2. The van der Waals surface area contributed by atoms with Crippen LogP contribution in [0.4, 0.5) is 22.0 Å². The third-order valence-corrected chi connectivity index (χ3v) is 9.58. The number of rotatable bonds is 9. The molecule has 1 saturated heterocycles. The first-order valence-corrected chi connectivity index (χ1v) is 16.5. The molecule has 0 aliphatic carbocycles. The minimum absolute atomic E-state index is 0.0669. The Balaban J connectivity index is 1.41. The Labute approximate surface area is 286 Å². The molecule has 4 aromatic heterocycles. The summed E-state index contributed by atoms with van der Waals surface area (Å²) in [6, 6.07) is 10.5. The minimum atomic E-state index is -4.40. The number of aromatic nitrogens is 5. The quantitative estimate of drug-likeness (QED) is 0.119. The van der Waals surface area contributed by atoms with E-state index in [2.05, 4.69) is 27.1 Å². The van der Waals surface area contributed by atoms with Crippen molar-refractivity contribution in [2.75, 3.05) is 19.6 Å². The smallest absolute Gasteiger partial charge is 0.401 e. The van der Waals surface area contributed by atoms with Gasteiger partial charge in [0.25, 0.3) is 0 Å². The Bertz CT molecular complexity index is 2260. The minimum Gasteiger partial charge on any atom is -0.488 e. The molecule has 0 bridgehead atoms. The van der Waals surface area contributed by atoms with Crippen LogP contribution in [0.15, 0.2) is 66.8 Å². The van der Waals surface area contributed by atoms with Crippen molar-refractivity contribution in [2.24, 2.45) is 7.05 Å². The lowest BCUT2D eigenvalue weighted by Gasteiger charge is -2.21. The molecule has 1 amide bonds. The van der Waals surface area contributed by atoms with E-state index in [-0.39, 0.29) is 42.1 Å². The van der Waals surface area contributed by atoms with Crippen molar-refractivity contribution in [1.82, 2.24) is 34.9 Å².